The third-order valence-corrected chi connectivity index (χ3v) is 3.24. The quantitative estimate of drug-likeness (QED) is 0.843. The van der Waals surface area contributed by atoms with Gasteiger partial charge in [-0.05, 0) is 24.6 Å². The SMILES string of the molecule is O=c1[nH]c(C2CCOC2)nc2ccc(Cl)cc12. The van der Waals surface area contributed by atoms with Crippen LogP contribution in [0.15, 0.2) is 23.0 Å². The van der Waals surface area contributed by atoms with Gasteiger partial charge in [0.25, 0.3) is 5.56 Å². The number of hydrogen-bond donors (Lipinski definition) is 1. The number of H-pyrrole nitrogens is 1. The molecule has 0 saturated carbocycles. The zero-order chi connectivity index (χ0) is 11.8. The fraction of sp³-hybridized carbons (Fsp3) is 0.333. The highest BCUT2D eigenvalue weighted by molar-refractivity contribution is 6.31. The molecule has 3 rings (SSSR count). The molecule has 0 amide bonds. The van der Waals surface area contributed by atoms with Gasteiger partial charge in [0.05, 0.1) is 17.5 Å². The summed E-state index contributed by atoms with van der Waals surface area (Å²) in [6.45, 7) is 1.36. The molecule has 1 aliphatic heterocycles. The fourth-order valence-corrected chi connectivity index (χ4v) is 2.24. The Morgan fingerprint density at radius 3 is 3.12 bits per heavy atom. The van der Waals surface area contributed by atoms with Crippen molar-refractivity contribution < 1.29 is 4.74 Å². The van der Waals surface area contributed by atoms with Crippen LogP contribution in [0.3, 0.4) is 0 Å². The highest BCUT2D eigenvalue weighted by Gasteiger charge is 2.20. The number of hydrogen-bond acceptors (Lipinski definition) is 3. The Kier molecular flexibility index (Phi) is 2.61. The molecular weight excluding hydrogens is 240 g/mol. The average Bonchev–Trinajstić information content (AvgIpc) is 2.83. The maximum atomic E-state index is 11.9. The smallest absolute Gasteiger partial charge is 0.258 e. The number of nitrogens with one attached hydrogen (secondary N) is 1. The van der Waals surface area contributed by atoms with Crippen molar-refractivity contribution >= 4 is 22.5 Å². The summed E-state index contributed by atoms with van der Waals surface area (Å²) in [6.07, 6.45) is 0.905. The van der Waals surface area contributed by atoms with E-state index in [0.29, 0.717) is 28.4 Å². The van der Waals surface area contributed by atoms with E-state index in [1.54, 1.807) is 18.2 Å². The summed E-state index contributed by atoms with van der Waals surface area (Å²) in [5, 5.41) is 1.07. The molecule has 1 atom stereocenters. The van der Waals surface area contributed by atoms with Crippen LogP contribution >= 0.6 is 11.6 Å². The first kappa shape index (κ1) is 10.7. The van der Waals surface area contributed by atoms with E-state index in [1.165, 1.54) is 0 Å². The van der Waals surface area contributed by atoms with E-state index in [4.69, 9.17) is 16.3 Å². The van der Waals surface area contributed by atoms with Crippen LogP contribution in [-0.4, -0.2) is 23.2 Å². The van der Waals surface area contributed by atoms with Gasteiger partial charge in [-0.1, -0.05) is 11.6 Å². The second-order valence-electron chi connectivity index (χ2n) is 4.17. The van der Waals surface area contributed by atoms with E-state index in [-0.39, 0.29) is 11.5 Å². The van der Waals surface area contributed by atoms with Crippen LogP contribution in [0.1, 0.15) is 18.2 Å². The first-order valence-electron chi connectivity index (χ1n) is 5.51. The summed E-state index contributed by atoms with van der Waals surface area (Å²) in [6, 6.07) is 5.15. The minimum Gasteiger partial charge on any atom is -0.381 e. The Morgan fingerprint density at radius 1 is 1.47 bits per heavy atom. The van der Waals surface area contributed by atoms with Crippen molar-refractivity contribution in [1.82, 2.24) is 9.97 Å². The van der Waals surface area contributed by atoms with Crippen molar-refractivity contribution in [2.45, 2.75) is 12.3 Å². The van der Waals surface area contributed by atoms with Crippen LogP contribution in [0, 0.1) is 0 Å². The zero-order valence-corrected chi connectivity index (χ0v) is 9.83. The lowest BCUT2D eigenvalue weighted by atomic mass is 10.1. The summed E-state index contributed by atoms with van der Waals surface area (Å²) >= 11 is 5.86. The maximum Gasteiger partial charge on any atom is 0.258 e. The molecule has 0 spiro atoms. The van der Waals surface area contributed by atoms with Gasteiger partial charge in [-0.2, -0.15) is 0 Å². The zero-order valence-electron chi connectivity index (χ0n) is 9.07. The maximum absolute atomic E-state index is 11.9. The molecule has 2 aromatic rings. The molecule has 1 N–H and O–H groups in total. The van der Waals surface area contributed by atoms with Gasteiger partial charge in [-0.25, -0.2) is 4.98 Å². The standard InChI is InChI=1S/C12H11ClN2O2/c13-8-1-2-10-9(5-8)12(16)15-11(14-10)7-3-4-17-6-7/h1-2,5,7H,3-4,6H2,(H,14,15,16). The molecule has 1 aromatic carbocycles. The summed E-state index contributed by atoms with van der Waals surface area (Å²) in [4.78, 5) is 19.2. The number of aromatic amines is 1. The highest BCUT2D eigenvalue weighted by Crippen LogP contribution is 2.23. The molecular formula is C12H11ClN2O2. The van der Waals surface area contributed by atoms with Crippen LogP contribution < -0.4 is 5.56 Å². The first-order chi connectivity index (χ1) is 8.24. The molecule has 1 aromatic heterocycles. The monoisotopic (exact) mass is 250 g/mol. The van der Waals surface area contributed by atoms with Gasteiger partial charge in [-0.3, -0.25) is 4.79 Å². The second kappa shape index (κ2) is 4.13. The number of nitrogens with zero attached hydrogens (tertiary/aromatic N) is 1. The van der Waals surface area contributed by atoms with Crippen LogP contribution in [-0.2, 0) is 4.74 Å². The van der Waals surface area contributed by atoms with Gasteiger partial charge >= 0.3 is 0 Å². The lowest BCUT2D eigenvalue weighted by molar-refractivity contribution is 0.193. The predicted molar refractivity (Wildman–Crippen MR) is 65.6 cm³/mol. The lowest BCUT2D eigenvalue weighted by Gasteiger charge is -2.07. The summed E-state index contributed by atoms with van der Waals surface area (Å²) in [5.74, 6) is 0.908. The van der Waals surface area contributed by atoms with Gasteiger partial charge in [0.2, 0.25) is 0 Å². The third-order valence-electron chi connectivity index (χ3n) is 3.00. The number of fused-ring (bicyclic) bond motifs is 1. The third kappa shape index (κ3) is 1.94. The predicted octanol–water partition coefficient (Wildman–Crippen LogP) is 2.08. The van der Waals surface area contributed by atoms with E-state index in [2.05, 4.69) is 9.97 Å². The fourth-order valence-electron chi connectivity index (χ4n) is 2.07. The number of rotatable bonds is 1. The van der Waals surface area contributed by atoms with E-state index < -0.39 is 0 Å². The largest absolute Gasteiger partial charge is 0.381 e. The normalized spacial score (nSPS) is 19.9. The van der Waals surface area contributed by atoms with Crippen molar-refractivity contribution in [2.24, 2.45) is 0 Å². The number of aromatic nitrogens is 2. The molecule has 0 radical (unpaired) electrons. The van der Waals surface area contributed by atoms with Gasteiger partial charge in [-0.15, -0.1) is 0 Å². The Bertz CT molecular complexity index is 617. The average molecular weight is 251 g/mol. The Hall–Kier alpha value is -1.39. The highest BCUT2D eigenvalue weighted by atomic mass is 35.5. The van der Waals surface area contributed by atoms with Crippen LogP contribution in [0.4, 0.5) is 0 Å². The van der Waals surface area contributed by atoms with E-state index >= 15 is 0 Å². The Morgan fingerprint density at radius 2 is 2.35 bits per heavy atom. The number of ether oxygens (including phenoxy) is 1. The molecule has 1 aliphatic rings. The Balaban J connectivity index is 2.17. The van der Waals surface area contributed by atoms with Gasteiger partial charge in [0, 0.05) is 17.5 Å². The summed E-state index contributed by atoms with van der Waals surface area (Å²) < 4.78 is 5.30. The minimum absolute atomic E-state index is 0.139. The van der Waals surface area contributed by atoms with Crippen LogP contribution in [0.25, 0.3) is 10.9 Å². The Labute approximate surface area is 103 Å². The van der Waals surface area contributed by atoms with Crippen molar-refractivity contribution in [3.05, 3.63) is 39.4 Å². The van der Waals surface area contributed by atoms with E-state index in [9.17, 15) is 4.79 Å². The molecule has 1 saturated heterocycles. The van der Waals surface area contributed by atoms with Gasteiger partial charge < -0.3 is 9.72 Å². The van der Waals surface area contributed by atoms with E-state index in [1.807, 2.05) is 0 Å². The topological polar surface area (TPSA) is 55.0 Å². The minimum atomic E-state index is -0.139. The van der Waals surface area contributed by atoms with Crippen molar-refractivity contribution in [2.75, 3.05) is 13.2 Å². The molecule has 4 nitrogen and oxygen atoms in total. The van der Waals surface area contributed by atoms with Gasteiger partial charge in [0.1, 0.15) is 5.82 Å². The molecule has 0 aliphatic carbocycles. The molecule has 17 heavy (non-hydrogen) atoms. The van der Waals surface area contributed by atoms with Crippen molar-refractivity contribution in [3.8, 4) is 0 Å². The van der Waals surface area contributed by atoms with Crippen LogP contribution in [0.5, 0.6) is 0 Å². The number of halogens is 1. The molecule has 1 unspecified atom stereocenters. The van der Waals surface area contributed by atoms with Crippen LogP contribution in [0.2, 0.25) is 5.02 Å². The molecule has 2 heterocycles. The van der Waals surface area contributed by atoms with E-state index in [0.717, 1.165) is 13.0 Å². The molecule has 88 valence electrons. The lowest BCUT2D eigenvalue weighted by Crippen LogP contribution is -2.15. The molecule has 0 bridgehead atoms. The summed E-state index contributed by atoms with van der Waals surface area (Å²) in [7, 11) is 0. The van der Waals surface area contributed by atoms with Crippen molar-refractivity contribution in [1.29, 1.82) is 0 Å². The summed E-state index contributed by atoms with van der Waals surface area (Å²) in [5.41, 5.74) is 0.541. The molecule has 5 heteroatoms. The second-order valence-corrected chi connectivity index (χ2v) is 4.61. The molecule has 1 fully saturated rings. The van der Waals surface area contributed by atoms with Crippen molar-refractivity contribution in [3.63, 3.8) is 0 Å². The van der Waals surface area contributed by atoms with Gasteiger partial charge in [0.15, 0.2) is 0 Å². The number of benzene rings is 1. The first-order valence-corrected chi connectivity index (χ1v) is 5.89.